The fourth-order valence-electron chi connectivity index (χ4n) is 3.30. The summed E-state index contributed by atoms with van der Waals surface area (Å²) in [6, 6.07) is 7.20. The molecule has 0 aliphatic carbocycles. The van der Waals surface area contributed by atoms with Crippen LogP contribution in [0.4, 0.5) is 0 Å². The standard InChI is InChI=1S/C18H22IN3O3S/c1-12-8-10-21(11-9-12)26(24,25)17-13(2)20-22(14(17)3)18(23)15-6-4-5-7-16(15)19/h4-7,12H,8-11H2,1-3H3. The van der Waals surface area contributed by atoms with E-state index in [1.54, 1.807) is 26.0 Å². The first-order valence-electron chi connectivity index (χ1n) is 8.59. The molecule has 8 heteroatoms. The Balaban J connectivity index is 2.01. The van der Waals surface area contributed by atoms with Crippen molar-refractivity contribution in [1.82, 2.24) is 14.1 Å². The molecule has 0 amide bonds. The summed E-state index contributed by atoms with van der Waals surface area (Å²) in [6.45, 7) is 6.45. The van der Waals surface area contributed by atoms with Gasteiger partial charge in [0.2, 0.25) is 10.0 Å². The molecule has 1 aromatic carbocycles. The summed E-state index contributed by atoms with van der Waals surface area (Å²) >= 11 is 2.09. The molecular weight excluding hydrogens is 465 g/mol. The van der Waals surface area contributed by atoms with Gasteiger partial charge in [-0.1, -0.05) is 19.1 Å². The fraction of sp³-hybridized carbons (Fsp3) is 0.444. The average molecular weight is 487 g/mol. The Labute approximate surface area is 167 Å². The minimum atomic E-state index is -3.66. The summed E-state index contributed by atoms with van der Waals surface area (Å²) < 4.78 is 29.8. The number of aromatic nitrogens is 2. The predicted molar refractivity (Wildman–Crippen MR) is 108 cm³/mol. The molecule has 6 nitrogen and oxygen atoms in total. The van der Waals surface area contributed by atoms with E-state index in [1.807, 2.05) is 12.1 Å². The van der Waals surface area contributed by atoms with Gasteiger partial charge >= 0.3 is 0 Å². The number of carbonyl (C=O) groups is 1. The molecule has 0 spiro atoms. The summed E-state index contributed by atoms with van der Waals surface area (Å²) in [6.07, 6.45) is 1.71. The largest absolute Gasteiger partial charge is 0.279 e. The molecule has 0 atom stereocenters. The second-order valence-electron chi connectivity index (χ2n) is 6.78. The third-order valence-corrected chi connectivity index (χ3v) is 7.95. The van der Waals surface area contributed by atoms with Crippen LogP contribution in [0, 0.1) is 23.3 Å². The van der Waals surface area contributed by atoms with Crippen molar-refractivity contribution in [2.24, 2.45) is 5.92 Å². The maximum atomic E-state index is 13.1. The summed E-state index contributed by atoms with van der Waals surface area (Å²) in [5.41, 5.74) is 1.24. The monoisotopic (exact) mass is 487 g/mol. The van der Waals surface area contributed by atoms with Gasteiger partial charge in [0.25, 0.3) is 5.91 Å². The van der Waals surface area contributed by atoms with Gasteiger partial charge in [0.15, 0.2) is 0 Å². The molecule has 0 saturated carbocycles. The lowest BCUT2D eigenvalue weighted by Crippen LogP contribution is -2.38. The predicted octanol–water partition coefficient (Wildman–Crippen LogP) is 3.21. The van der Waals surface area contributed by atoms with Crippen LogP contribution in [0.15, 0.2) is 29.2 Å². The van der Waals surface area contributed by atoms with Crippen molar-refractivity contribution in [3.63, 3.8) is 0 Å². The highest BCUT2D eigenvalue weighted by molar-refractivity contribution is 14.1. The zero-order valence-electron chi connectivity index (χ0n) is 15.1. The molecular formula is C18H22IN3O3S. The Morgan fingerprint density at radius 2 is 1.81 bits per heavy atom. The van der Waals surface area contributed by atoms with E-state index < -0.39 is 10.0 Å². The van der Waals surface area contributed by atoms with Gasteiger partial charge < -0.3 is 0 Å². The second kappa shape index (κ2) is 7.40. The Bertz CT molecular complexity index is 945. The third kappa shape index (κ3) is 3.46. The molecule has 0 N–H and O–H groups in total. The van der Waals surface area contributed by atoms with E-state index in [4.69, 9.17) is 0 Å². The molecule has 1 aromatic heterocycles. The normalized spacial score (nSPS) is 16.8. The van der Waals surface area contributed by atoms with Gasteiger partial charge in [0.1, 0.15) is 4.90 Å². The van der Waals surface area contributed by atoms with Crippen molar-refractivity contribution in [2.75, 3.05) is 13.1 Å². The van der Waals surface area contributed by atoms with Crippen LogP contribution < -0.4 is 0 Å². The molecule has 26 heavy (non-hydrogen) atoms. The minimum absolute atomic E-state index is 0.159. The number of rotatable bonds is 3. The van der Waals surface area contributed by atoms with Crippen LogP contribution in [0.2, 0.25) is 0 Å². The summed E-state index contributed by atoms with van der Waals surface area (Å²) in [4.78, 5) is 13.0. The maximum absolute atomic E-state index is 13.1. The number of piperidine rings is 1. The first kappa shape index (κ1) is 19.5. The first-order chi connectivity index (χ1) is 12.2. The van der Waals surface area contributed by atoms with Crippen LogP contribution >= 0.6 is 22.6 Å². The van der Waals surface area contributed by atoms with Crippen LogP contribution in [0.25, 0.3) is 0 Å². The SMILES string of the molecule is Cc1nn(C(=O)c2ccccc2I)c(C)c1S(=O)(=O)N1CCC(C)CC1. The average Bonchev–Trinajstić information content (AvgIpc) is 2.90. The number of benzene rings is 1. The molecule has 0 radical (unpaired) electrons. The number of nitrogens with zero attached hydrogens (tertiary/aromatic N) is 3. The molecule has 2 heterocycles. The zero-order valence-corrected chi connectivity index (χ0v) is 18.0. The Morgan fingerprint density at radius 3 is 2.42 bits per heavy atom. The molecule has 0 bridgehead atoms. The van der Waals surface area contributed by atoms with E-state index in [0.29, 0.717) is 36.0 Å². The lowest BCUT2D eigenvalue weighted by Gasteiger charge is -2.29. The van der Waals surface area contributed by atoms with Crippen molar-refractivity contribution < 1.29 is 13.2 Å². The van der Waals surface area contributed by atoms with Crippen molar-refractivity contribution in [3.8, 4) is 0 Å². The van der Waals surface area contributed by atoms with Crippen molar-refractivity contribution in [1.29, 1.82) is 0 Å². The fourth-order valence-corrected chi connectivity index (χ4v) is 5.74. The van der Waals surface area contributed by atoms with Crippen LogP contribution in [-0.2, 0) is 10.0 Å². The topological polar surface area (TPSA) is 72.3 Å². The second-order valence-corrected chi connectivity index (χ2v) is 9.82. The van der Waals surface area contributed by atoms with Crippen molar-refractivity contribution in [2.45, 2.75) is 38.5 Å². The summed E-state index contributed by atoms with van der Waals surface area (Å²) in [5.74, 6) is 0.220. The Kier molecular flexibility index (Phi) is 5.55. The van der Waals surface area contributed by atoms with Gasteiger partial charge in [-0.25, -0.2) is 8.42 Å². The molecule has 0 unspecified atom stereocenters. The molecule has 140 valence electrons. The number of hydrogen-bond donors (Lipinski definition) is 0. The van der Waals surface area contributed by atoms with Gasteiger partial charge in [-0.05, 0) is 67.3 Å². The minimum Gasteiger partial charge on any atom is -0.267 e. The first-order valence-corrected chi connectivity index (χ1v) is 11.1. The van der Waals surface area contributed by atoms with Crippen molar-refractivity contribution >= 4 is 38.5 Å². The van der Waals surface area contributed by atoms with Gasteiger partial charge in [-0.15, -0.1) is 0 Å². The zero-order chi connectivity index (χ0) is 19.1. The van der Waals surface area contributed by atoms with E-state index in [0.717, 1.165) is 16.4 Å². The molecule has 1 aliphatic heterocycles. The van der Waals surface area contributed by atoms with Gasteiger partial charge in [0.05, 0.1) is 17.0 Å². The smallest absolute Gasteiger partial charge is 0.267 e. The number of aryl methyl sites for hydroxylation is 1. The molecule has 2 aromatic rings. The van der Waals surface area contributed by atoms with E-state index in [-0.39, 0.29) is 10.8 Å². The number of halogens is 1. The van der Waals surface area contributed by atoms with Crippen LogP contribution in [0.5, 0.6) is 0 Å². The maximum Gasteiger partial charge on any atom is 0.279 e. The summed E-state index contributed by atoms with van der Waals surface area (Å²) in [7, 11) is -3.66. The van der Waals surface area contributed by atoms with Crippen LogP contribution in [-0.4, -0.2) is 41.5 Å². The van der Waals surface area contributed by atoms with E-state index in [9.17, 15) is 13.2 Å². The highest BCUT2D eigenvalue weighted by Gasteiger charge is 2.34. The lowest BCUT2D eigenvalue weighted by molar-refractivity contribution is 0.0941. The highest BCUT2D eigenvalue weighted by atomic mass is 127. The lowest BCUT2D eigenvalue weighted by atomic mass is 10.0. The Morgan fingerprint density at radius 1 is 1.19 bits per heavy atom. The van der Waals surface area contributed by atoms with Crippen molar-refractivity contribution in [3.05, 3.63) is 44.8 Å². The molecule has 1 saturated heterocycles. The Hall–Kier alpha value is -1.26. The third-order valence-electron chi connectivity index (χ3n) is 4.86. The molecule has 1 fully saturated rings. The van der Waals surface area contributed by atoms with E-state index in [2.05, 4.69) is 34.6 Å². The molecule has 3 rings (SSSR count). The van der Waals surface area contributed by atoms with Gasteiger partial charge in [-0.2, -0.15) is 14.1 Å². The molecule has 1 aliphatic rings. The highest BCUT2D eigenvalue weighted by Crippen LogP contribution is 2.28. The van der Waals surface area contributed by atoms with Crippen LogP contribution in [0.3, 0.4) is 0 Å². The van der Waals surface area contributed by atoms with Gasteiger partial charge in [0, 0.05) is 16.7 Å². The quantitative estimate of drug-likeness (QED) is 0.624. The number of sulfonamides is 1. The van der Waals surface area contributed by atoms with Gasteiger partial charge in [-0.3, -0.25) is 4.79 Å². The van der Waals surface area contributed by atoms with Crippen LogP contribution in [0.1, 0.15) is 41.5 Å². The van der Waals surface area contributed by atoms with E-state index >= 15 is 0 Å². The van der Waals surface area contributed by atoms with E-state index in [1.165, 1.54) is 8.99 Å². The number of hydrogen-bond acceptors (Lipinski definition) is 4. The summed E-state index contributed by atoms with van der Waals surface area (Å²) in [5, 5.41) is 4.26. The number of carbonyl (C=O) groups excluding carboxylic acids is 1.